The number of nitriles is 1. The van der Waals surface area contributed by atoms with E-state index in [1.165, 1.54) is 6.08 Å². The summed E-state index contributed by atoms with van der Waals surface area (Å²) in [5.74, 6) is 0.500. The summed E-state index contributed by atoms with van der Waals surface area (Å²) in [6, 6.07) is 19.6. The highest BCUT2D eigenvalue weighted by atomic mass is 79.9. The Morgan fingerprint density at radius 1 is 1.03 bits per heavy atom. The average molecular weight is 546 g/mol. The number of carbonyl (C=O) groups excluding carboxylic acids is 1. The fourth-order valence-corrected chi connectivity index (χ4v) is 3.67. The first-order chi connectivity index (χ1) is 15.9. The number of hydrogen-bond donors (Lipinski definition) is 1. The molecule has 0 saturated carbocycles. The Bertz CT molecular complexity index is 1200. The van der Waals surface area contributed by atoms with E-state index in [9.17, 15) is 10.1 Å². The molecule has 3 aromatic rings. The van der Waals surface area contributed by atoms with Crippen LogP contribution < -0.4 is 14.8 Å². The summed E-state index contributed by atoms with van der Waals surface area (Å²) < 4.78 is 12.6. The first-order valence-electron chi connectivity index (χ1n) is 9.91. The standard InChI is InChI=1S/C25H19BrCl2N2O3/c1-2-32-24-10-17(5-8-23(24)33-15-16-3-6-19(26)7-4-16)9-18(14-29)25(31)30-22-12-20(27)11-21(28)13-22/h3-13H,2,15H2,1H3,(H,30,31)/b18-9+. The van der Waals surface area contributed by atoms with E-state index >= 15 is 0 Å². The molecular formula is C25H19BrCl2N2O3. The van der Waals surface area contributed by atoms with Crippen molar-refractivity contribution in [3.05, 3.63) is 91.9 Å². The maximum atomic E-state index is 12.6. The Balaban J connectivity index is 1.78. The van der Waals surface area contributed by atoms with Crippen molar-refractivity contribution in [3.63, 3.8) is 0 Å². The zero-order chi connectivity index (χ0) is 23.8. The van der Waals surface area contributed by atoms with Gasteiger partial charge in [-0.3, -0.25) is 4.79 Å². The average Bonchev–Trinajstić information content (AvgIpc) is 2.77. The van der Waals surface area contributed by atoms with Crippen molar-refractivity contribution < 1.29 is 14.3 Å². The maximum Gasteiger partial charge on any atom is 0.266 e. The molecule has 3 rings (SSSR count). The summed E-state index contributed by atoms with van der Waals surface area (Å²) >= 11 is 15.3. The molecule has 8 heteroatoms. The molecule has 5 nitrogen and oxygen atoms in total. The molecule has 0 atom stereocenters. The smallest absolute Gasteiger partial charge is 0.266 e. The zero-order valence-electron chi connectivity index (χ0n) is 17.6. The Hall–Kier alpha value is -2.98. The van der Waals surface area contributed by atoms with Gasteiger partial charge in [-0.25, -0.2) is 0 Å². The quantitative estimate of drug-likeness (QED) is 0.238. The van der Waals surface area contributed by atoms with Gasteiger partial charge < -0.3 is 14.8 Å². The number of carbonyl (C=O) groups is 1. The lowest BCUT2D eigenvalue weighted by atomic mass is 10.1. The summed E-state index contributed by atoms with van der Waals surface area (Å²) in [6.07, 6.45) is 1.47. The van der Waals surface area contributed by atoms with Gasteiger partial charge in [0.05, 0.1) is 6.61 Å². The van der Waals surface area contributed by atoms with Crippen LogP contribution in [0.15, 0.2) is 70.7 Å². The summed E-state index contributed by atoms with van der Waals surface area (Å²) in [7, 11) is 0. The molecule has 0 spiro atoms. The molecule has 0 fully saturated rings. The third-order valence-electron chi connectivity index (χ3n) is 4.37. The number of amides is 1. The Kier molecular flexibility index (Phi) is 8.79. The predicted molar refractivity (Wildman–Crippen MR) is 135 cm³/mol. The van der Waals surface area contributed by atoms with Gasteiger partial charge in [0, 0.05) is 20.2 Å². The van der Waals surface area contributed by atoms with E-state index in [1.54, 1.807) is 36.4 Å². The van der Waals surface area contributed by atoms with Gasteiger partial charge in [-0.05, 0) is 66.6 Å². The molecular weight excluding hydrogens is 527 g/mol. The normalized spacial score (nSPS) is 10.9. The number of benzene rings is 3. The topological polar surface area (TPSA) is 71.3 Å². The minimum atomic E-state index is -0.579. The molecule has 1 amide bonds. The number of ether oxygens (including phenoxy) is 2. The highest BCUT2D eigenvalue weighted by Gasteiger charge is 2.12. The van der Waals surface area contributed by atoms with Gasteiger partial charge in [-0.15, -0.1) is 0 Å². The zero-order valence-corrected chi connectivity index (χ0v) is 20.7. The van der Waals surface area contributed by atoms with Crippen LogP contribution in [0.5, 0.6) is 11.5 Å². The van der Waals surface area contributed by atoms with Gasteiger partial charge >= 0.3 is 0 Å². The maximum absolute atomic E-state index is 12.6. The van der Waals surface area contributed by atoms with Crippen LogP contribution in [0.1, 0.15) is 18.1 Å². The lowest BCUT2D eigenvalue weighted by Gasteiger charge is -2.13. The lowest BCUT2D eigenvalue weighted by molar-refractivity contribution is -0.112. The van der Waals surface area contributed by atoms with Gasteiger partial charge in [0.1, 0.15) is 18.2 Å². The number of nitrogens with zero attached hydrogens (tertiary/aromatic N) is 1. The first-order valence-corrected chi connectivity index (χ1v) is 11.5. The van der Waals surface area contributed by atoms with E-state index in [0.29, 0.717) is 46.0 Å². The molecule has 0 aliphatic heterocycles. The van der Waals surface area contributed by atoms with Crippen molar-refractivity contribution >= 4 is 56.8 Å². The van der Waals surface area contributed by atoms with Crippen LogP contribution in [0.4, 0.5) is 5.69 Å². The van der Waals surface area contributed by atoms with Crippen LogP contribution in [0, 0.1) is 11.3 Å². The highest BCUT2D eigenvalue weighted by Crippen LogP contribution is 2.30. The molecule has 0 unspecified atom stereocenters. The summed E-state index contributed by atoms with van der Waals surface area (Å²) in [4.78, 5) is 12.6. The Morgan fingerprint density at radius 3 is 2.36 bits per heavy atom. The molecule has 0 aromatic heterocycles. The number of rotatable bonds is 8. The third kappa shape index (κ3) is 7.26. The van der Waals surface area contributed by atoms with Crippen molar-refractivity contribution in [2.24, 2.45) is 0 Å². The van der Waals surface area contributed by atoms with Crippen molar-refractivity contribution in [1.29, 1.82) is 5.26 Å². The minimum Gasteiger partial charge on any atom is -0.490 e. The predicted octanol–water partition coefficient (Wildman–Crippen LogP) is 7.28. The van der Waals surface area contributed by atoms with E-state index in [1.807, 2.05) is 37.3 Å². The fourth-order valence-electron chi connectivity index (χ4n) is 2.88. The molecule has 0 saturated heterocycles. The molecule has 0 aliphatic carbocycles. The molecule has 168 valence electrons. The largest absolute Gasteiger partial charge is 0.490 e. The van der Waals surface area contributed by atoms with Crippen LogP contribution >= 0.6 is 39.1 Å². The molecule has 0 radical (unpaired) electrons. The highest BCUT2D eigenvalue weighted by molar-refractivity contribution is 9.10. The number of halogens is 3. The number of anilines is 1. The first kappa shape index (κ1) is 24.7. The van der Waals surface area contributed by atoms with Gasteiger partial charge in [0.15, 0.2) is 11.5 Å². The van der Waals surface area contributed by atoms with E-state index < -0.39 is 5.91 Å². The van der Waals surface area contributed by atoms with Crippen LogP contribution in [-0.4, -0.2) is 12.5 Å². The van der Waals surface area contributed by atoms with Crippen molar-refractivity contribution in [3.8, 4) is 17.6 Å². The van der Waals surface area contributed by atoms with Gasteiger partial charge in [-0.2, -0.15) is 5.26 Å². The SMILES string of the molecule is CCOc1cc(/C=C(\C#N)C(=O)Nc2cc(Cl)cc(Cl)c2)ccc1OCc1ccc(Br)cc1. The van der Waals surface area contributed by atoms with Gasteiger partial charge in [0.25, 0.3) is 5.91 Å². The second-order valence-corrected chi connectivity index (χ2v) is 8.62. The minimum absolute atomic E-state index is 0.0860. The van der Waals surface area contributed by atoms with Crippen LogP contribution in [-0.2, 0) is 11.4 Å². The van der Waals surface area contributed by atoms with Gasteiger partial charge in [-0.1, -0.05) is 57.3 Å². The van der Waals surface area contributed by atoms with Crippen molar-refractivity contribution in [2.45, 2.75) is 13.5 Å². The summed E-state index contributed by atoms with van der Waals surface area (Å²) in [5.41, 5.74) is 1.93. The monoisotopic (exact) mass is 544 g/mol. The molecule has 0 bridgehead atoms. The fraction of sp³-hybridized carbons (Fsp3) is 0.120. The van der Waals surface area contributed by atoms with E-state index in [4.69, 9.17) is 32.7 Å². The number of hydrogen-bond acceptors (Lipinski definition) is 4. The molecule has 0 heterocycles. The molecule has 33 heavy (non-hydrogen) atoms. The molecule has 0 aliphatic rings. The third-order valence-corrected chi connectivity index (χ3v) is 5.34. The van der Waals surface area contributed by atoms with Crippen LogP contribution in [0.2, 0.25) is 10.0 Å². The van der Waals surface area contributed by atoms with Gasteiger partial charge in [0.2, 0.25) is 0 Å². The second-order valence-electron chi connectivity index (χ2n) is 6.84. The van der Waals surface area contributed by atoms with E-state index in [0.717, 1.165) is 10.0 Å². The van der Waals surface area contributed by atoms with E-state index in [-0.39, 0.29) is 5.57 Å². The van der Waals surface area contributed by atoms with Crippen LogP contribution in [0.25, 0.3) is 6.08 Å². The summed E-state index contributed by atoms with van der Waals surface area (Å²) in [5, 5.41) is 12.9. The van der Waals surface area contributed by atoms with E-state index in [2.05, 4.69) is 21.2 Å². The second kappa shape index (κ2) is 11.8. The Morgan fingerprint density at radius 2 is 1.73 bits per heavy atom. The van der Waals surface area contributed by atoms with Crippen molar-refractivity contribution in [1.82, 2.24) is 0 Å². The Labute approximate surface area is 210 Å². The molecule has 1 N–H and O–H groups in total. The summed E-state index contributed by atoms with van der Waals surface area (Å²) in [6.45, 7) is 2.67. The molecule has 3 aromatic carbocycles. The number of nitrogens with one attached hydrogen (secondary N) is 1. The lowest BCUT2D eigenvalue weighted by Crippen LogP contribution is -2.13. The van der Waals surface area contributed by atoms with Crippen LogP contribution in [0.3, 0.4) is 0 Å². The van der Waals surface area contributed by atoms with Crippen molar-refractivity contribution in [2.75, 3.05) is 11.9 Å².